The first kappa shape index (κ1) is 11.0. The molecule has 2 N–H and O–H groups in total. The number of nitrogen functional groups attached to an aromatic ring is 1. The molecule has 0 amide bonds. The number of benzene rings is 1. The van der Waals surface area contributed by atoms with Crippen molar-refractivity contribution in [3.63, 3.8) is 0 Å². The van der Waals surface area contributed by atoms with E-state index >= 15 is 0 Å². The zero-order valence-electron chi connectivity index (χ0n) is 8.15. The Kier molecular flexibility index (Phi) is 3.17. The van der Waals surface area contributed by atoms with Crippen LogP contribution in [0.4, 0.5) is 5.69 Å². The molecule has 0 aliphatic rings. The summed E-state index contributed by atoms with van der Waals surface area (Å²) in [6, 6.07) is 8.51. The molecule has 0 atom stereocenters. The number of nitrogens with zero attached hydrogens (tertiary/aromatic N) is 1. The van der Waals surface area contributed by atoms with Gasteiger partial charge in [-0.1, -0.05) is 29.3 Å². The summed E-state index contributed by atoms with van der Waals surface area (Å²) in [5.41, 5.74) is 6.18. The number of aromatic nitrogens is 1. The Morgan fingerprint density at radius 3 is 2.50 bits per heavy atom. The van der Waals surface area contributed by atoms with E-state index in [2.05, 4.69) is 4.98 Å². The van der Waals surface area contributed by atoms with Gasteiger partial charge in [0, 0.05) is 6.20 Å². The molecule has 0 spiro atoms. The van der Waals surface area contributed by atoms with Gasteiger partial charge in [0.2, 0.25) is 5.88 Å². The van der Waals surface area contributed by atoms with Crippen LogP contribution >= 0.6 is 23.2 Å². The third-order valence-corrected chi connectivity index (χ3v) is 2.51. The zero-order valence-corrected chi connectivity index (χ0v) is 9.66. The summed E-state index contributed by atoms with van der Waals surface area (Å²) in [5.74, 6) is 0.647. The van der Waals surface area contributed by atoms with Gasteiger partial charge in [0.05, 0.1) is 10.7 Å². The van der Waals surface area contributed by atoms with Crippen molar-refractivity contribution in [2.45, 2.75) is 0 Å². The van der Waals surface area contributed by atoms with Gasteiger partial charge < -0.3 is 10.5 Å². The van der Waals surface area contributed by atoms with Crippen molar-refractivity contribution in [3.05, 3.63) is 46.6 Å². The van der Waals surface area contributed by atoms with Gasteiger partial charge in [-0.25, -0.2) is 4.98 Å². The van der Waals surface area contributed by atoms with Crippen LogP contribution in [-0.2, 0) is 0 Å². The molecule has 16 heavy (non-hydrogen) atoms. The number of pyridine rings is 1. The summed E-state index contributed by atoms with van der Waals surface area (Å²) < 4.78 is 5.47. The predicted octanol–water partition coefficient (Wildman–Crippen LogP) is 3.76. The van der Waals surface area contributed by atoms with Gasteiger partial charge in [-0.3, -0.25) is 0 Å². The number of rotatable bonds is 2. The van der Waals surface area contributed by atoms with Crippen LogP contribution in [0.1, 0.15) is 0 Å². The molecule has 0 saturated carbocycles. The molecule has 3 nitrogen and oxygen atoms in total. The molecule has 82 valence electrons. The SMILES string of the molecule is Nc1cccc(Cl)c1Oc1ncccc1Cl. The molecule has 0 radical (unpaired) electrons. The molecule has 1 aromatic carbocycles. The average molecular weight is 255 g/mol. The van der Waals surface area contributed by atoms with Crippen molar-refractivity contribution in [2.75, 3.05) is 5.73 Å². The van der Waals surface area contributed by atoms with Gasteiger partial charge in [-0.05, 0) is 24.3 Å². The molecule has 0 aliphatic heterocycles. The number of hydrogen-bond donors (Lipinski definition) is 1. The molecular weight excluding hydrogens is 247 g/mol. The van der Waals surface area contributed by atoms with E-state index in [-0.39, 0.29) is 5.88 Å². The van der Waals surface area contributed by atoms with Crippen molar-refractivity contribution in [2.24, 2.45) is 0 Å². The quantitative estimate of drug-likeness (QED) is 0.831. The van der Waals surface area contributed by atoms with Crippen LogP contribution in [0.25, 0.3) is 0 Å². The van der Waals surface area contributed by atoms with Crippen LogP contribution < -0.4 is 10.5 Å². The number of halogens is 2. The monoisotopic (exact) mass is 254 g/mol. The lowest BCUT2D eigenvalue weighted by molar-refractivity contribution is 0.466. The molecule has 5 heteroatoms. The van der Waals surface area contributed by atoms with Crippen molar-refractivity contribution >= 4 is 28.9 Å². The third kappa shape index (κ3) is 2.21. The first-order chi connectivity index (χ1) is 7.68. The topological polar surface area (TPSA) is 48.1 Å². The molecule has 2 rings (SSSR count). The van der Waals surface area contributed by atoms with Gasteiger partial charge in [0.15, 0.2) is 5.75 Å². The fourth-order valence-corrected chi connectivity index (χ4v) is 1.56. The van der Waals surface area contributed by atoms with Crippen LogP contribution in [0.2, 0.25) is 10.0 Å². The van der Waals surface area contributed by atoms with Crippen LogP contribution in [0.15, 0.2) is 36.5 Å². The van der Waals surface area contributed by atoms with Crippen molar-refractivity contribution in [3.8, 4) is 11.6 Å². The second-order valence-corrected chi connectivity index (χ2v) is 3.87. The summed E-state index contributed by atoms with van der Waals surface area (Å²) in [5, 5.41) is 0.823. The predicted molar refractivity (Wildman–Crippen MR) is 65.2 cm³/mol. The highest BCUT2D eigenvalue weighted by atomic mass is 35.5. The highest BCUT2D eigenvalue weighted by Crippen LogP contribution is 2.35. The minimum Gasteiger partial charge on any atom is -0.434 e. The van der Waals surface area contributed by atoms with E-state index < -0.39 is 0 Å². The molecular formula is C11H8Cl2N2O. The summed E-state index contributed by atoms with van der Waals surface area (Å²) in [4.78, 5) is 3.99. The molecule has 0 unspecified atom stereocenters. The Labute approximate surface area is 103 Å². The highest BCUT2D eigenvalue weighted by Gasteiger charge is 2.09. The van der Waals surface area contributed by atoms with E-state index in [0.717, 1.165) is 0 Å². The van der Waals surface area contributed by atoms with E-state index in [1.165, 1.54) is 0 Å². The molecule has 1 aromatic heterocycles. The number of para-hydroxylation sites is 1. The smallest absolute Gasteiger partial charge is 0.238 e. The zero-order chi connectivity index (χ0) is 11.5. The molecule has 0 aliphatic carbocycles. The lowest BCUT2D eigenvalue weighted by Gasteiger charge is -2.09. The normalized spacial score (nSPS) is 10.1. The van der Waals surface area contributed by atoms with Crippen LogP contribution in [0.5, 0.6) is 11.6 Å². The number of ether oxygens (including phenoxy) is 1. The van der Waals surface area contributed by atoms with E-state index in [1.54, 1.807) is 36.5 Å². The summed E-state index contributed by atoms with van der Waals surface area (Å²) in [7, 11) is 0. The van der Waals surface area contributed by atoms with E-state index in [9.17, 15) is 0 Å². The minimum absolute atomic E-state index is 0.281. The lowest BCUT2D eigenvalue weighted by atomic mass is 10.3. The van der Waals surface area contributed by atoms with Gasteiger partial charge in [0.25, 0.3) is 0 Å². The second-order valence-electron chi connectivity index (χ2n) is 3.05. The number of anilines is 1. The minimum atomic E-state index is 0.281. The largest absolute Gasteiger partial charge is 0.434 e. The highest BCUT2D eigenvalue weighted by molar-refractivity contribution is 6.33. The fraction of sp³-hybridized carbons (Fsp3) is 0. The van der Waals surface area contributed by atoms with E-state index in [4.69, 9.17) is 33.7 Å². The van der Waals surface area contributed by atoms with Crippen LogP contribution in [-0.4, -0.2) is 4.98 Å². The Bertz CT molecular complexity index is 497. The molecule has 0 bridgehead atoms. The number of nitrogens with two attached hydrogens (primary N) is 1. The summed E-state index contributed by atoms with van der Waals surface area (Å²) >= 11 is 11.9. The Morgan fingerprint density at radius 2 is 1.81 bits per heavy atom. The van der Waals surface area contributed by atoms with Gasteiger partial charge in [0.1, 0.15) is 5.02 Å². The van der Waals surface area contributed by atoms with Crippen molar-refractivity contribution < 1.29 is 4.74 Å². The van der Waals surface area contributed by atoms with Crippen LogP contribution in [0, 0.1) is 0 Å². The fourth-order valence-electron chi connectivity index (χ4n) is 1.18. The molecule has 1 heterocycles. The maximum absolute atomic E-state index is 5.96. The summed E-state index contributed by atoms with van der Waals surface area (Å²) in [6.45, 7) is 0. The molecule has 2 aromatic rings. The Balaban J connectivity index is 2.38. The van der Waals surface area contributed by atoms with Gasteiger partial charge >= 0.3 is 0 Å². The van der Waals surface area contributed by atoms with Crippen LogP contribution in [0.3, 0.4) is 0 Å². The van der Waals surface area contributed by atoms with E-state index in [1.807, 2.05) is 0 Å². The van der Waals surface area contributed by atoms with E-state index in [0.29, 0.717) is 21.5 Å². The maximum Gasteiger partial charge on any atom is 0.238 e. The van der Waals surface area contributed by atoms with Crippen molar-refractivity contribution in [1.82, 2.24) is 4.98 Å². The molecule has 0 fully saturated rings. The van der Waals surface area contributed by atoms with Gasteiger partial charge in [-0.2, -0.15) is 0 Å². The average Bonchev–Trinajstić information content (AvgIpc) is 2.26. The standard InChI is InChI=1S/C11H8Cl2N2O/c12-7-3-1-5-9(14)10(7)16-11-8(13)4-2-6-15-11/h1-6H,14H2. The second kappa shape index (κ2) is 4.60. The molecule has 0 saturated heterocycles. The Morgan fingerprint density at radius 1 is 1.06 bits per heavy atom. The number of hydrogen-bond acceptors (Lipinski definition) is 3. The third-order valence-electron chi connectivity index (χ3n) is 1.92. The van der Waals surface area contributed by atoms with Gasteiger partial charge in [-0.15, -0.1) is 0 Å². The lowest BCUT2D eigenvalue weighted by Crippen LogP contribution is -1.94. The first-order valence-electron chi connectivity index (χ1n) is 4.51. The first-order valence-corrected chi connectivity index (χ1v) is 5.26. The maximum atomic E-state index is 5.96. The Hall–Kier alpha value is -1.45. The summed E-state index contributed by atoms with van der Waals surface area (Å²) in [6.07, 6.45) is 1.58. The van der Waals surface area contributed by atoms with Crippen molar-refractivity contribution in [1.29, 1.82) is 0 Å².